The molecule has 0 amide bonds. The minimum atomic E-state index is 1.14. The summed E-state index contributed by atoms with van der Waals surface area (Å²) in [7, 11) is 2.13. The third-order valence-electron chi connectivity index (χ3n) is 1.27. The number of rotatable bonds is 0. The van der Waals surface area contributed by atoms with Crippen LogP contribution in [0.4, 0.5) is 0 Å². The molecule has 0 unspecified atom stereocenters. The van der Waals surface area contributed by atoms with Gasteiger partial charge in [-0.05, 0) is 14.0 Å². The summed E-state index contributed by atoms with van der Waals surface area (Å²) >= 11 is 0. The van der Waals surface area contributed by atoms with E-state index in [0.29, 0.717) is 0 Å². The first-order valence-electron chi connectivity index (χ1n) is 2.63. The fourth-order valence-electron chi connectivity index (χ4n) is 0.867. The largest absolute Gasteiger partial charge is 0.299 e. The van der Waals surface area contributed by atoms with Gasteiger partial charge in [-0.3, -0.25) is 4.90 Å². The van der Waals surface area contributed by atoms with Crippen molar-refractivity contribution < 1.29 is 0 Å². The van der Waals surface area contributed by atoms with E-state index in [1.807, 2.05) is 0 Å². The van der Waals surface area contributed by atoms with Crippen molar-refractivity contribution >= 4 is 0 Å². The molecule has 0 aliphatic carbocycles. The fourth-order valence-corrected chi connectivity index (χ4v) is 0.867. The molecule has 7 heavy (non-hydrogen) atoms. The Morgan fingerprint density at radius 3 is 2.57 bits per heavy atom. The van der Waals surface area contributed by atoms with Gasteiger partial charge in [0.2, 0.25) is 0 Å². The number of hydrogen-bond donors (Lipinski definition) is 0. The molecule has 0 aromatic heterocycles. The van der Waals surface area contributed by atoms with Gasteiger partial charge in [-0.25, -0.2) is 0 Å². The summed E-state index contributed by atoms with van der Waals surface area (Å²) in [6, 6.07) is 0. The normalized spacial score (nSPS) is 22.9. The van der Waals surface area contributed by atoms with Crippen molar-refractivity contribution in [2.75, 3.05) is 20.1 Å². The lowest BCUT2D eigenvalue weighted by atomic mass is 10.3. The topological polar surface area (TPSA) is 3.24 Å². The van der Waals surface area contributed by atoms with E-state index in [-0.39, 0.29) is 0 Å². The Labute approximate surface area is 44.6 Å². The maximum absolute atomic E-state index is 2.29. The molecule has 0 saturated carbocycles. The molecule has 1 nitrogen and oxygen atoms in total. The van der Waals surface area contributed by atoms with Crippen LogP contribution in [0.2, 0.25) is 0 Å². The molecule has 0 fully saturated rings. The maximum Gasteiger partial charge on any atom is 0.0190 e. The summed E-state index contributed by atoms with van der Waals surface area (Å²) in [5.41, 5.74) is 1.50. The average molecular weight is 97.2 g/mol. The van der Waals surface area contributed by atoms with Gasteiger partial charge in [0, 0.05) is 13.1 Å². The Morgan fingerprint density at radius 2 is 2.43 bits per heavy atom. The van der Waals surface area contributed by atoms with Gasteiger partial charge in [0.25, 0.3) is 0 Å². The molecule has 1 aliphatic heterocycles. The van der Waals surface area contributed by atoms with E-state index in [4.69, 9.17) is 0 Å². The molecule has 0 N–H and O–H groups in total. The minimum absolute atomic E-state index is 1.14. The Bertz CT molecular complexity index is 94.4. The van der Waals surface area contributed by atoms with Crippen LogP contribution >= 0.6 is 0 Å². The predicted octanol–water partition coefficient (Wildman–Crippen LogP) is 0.878. The first kappa shape index (κ1) is 4.85. The molecule has 0 saturated heterocycles. The van der Waals surface area contributed by atoms with Crippen LogP contribution in [0.1, 0.15) is 6.92 Å². The molecule has 1 heterocycles. The SMILES string of the molecule is CC1=CCN(C)C1. The van der Waals surface area contributed by atoms with Gasteiger partial charge in [0.15, 0.2) is 0 Å². The number of likely N-dealkylation sites (N-methyl/N-ethyl adjacent to an activating group) is 1. The molecule has 1 aliphatic rings. The van der Waals surface area contributed by atoms with E-state index in [1.54, 1.807) is 0 Å². The van der Waals surface area contributed by atoms with Crippen LogP contribution in [-0.2, 0) is 0 Å². The van der Waals surface area contributed by atoms with Crippen molar-refractivity contribution in [3.63, 3.8) is 0 Å². The molecule has 1 rings (SSSR count). The van der Waals surface area contributed by atoms with Crippen LogP contribution < -0.4 is 0 Å². The fraction of sp³-hybridized carbons (Fsp3) is 0.667. The summed E-state index contributed by atoms with van der Waals surface area (Å²) in [5.74, 6) is 0. The van der Waals surface area contributed by atoms with E-state index in [1.165, 1.54) is 12.1 Å². The van der Waals surface area contributed by atoms with E-state index in [2.05, 4.69) is 24.9 Å². The van der Waals surface area contributed by atoms with Crippen LogP contribution in [0.5, 0.6) is 0 Å². The molecule has 0 bridgehead atoms. The van der Waals surface area contributed by atoms with Crippen molar-refractivity contribution in [2.45, 2.75) is 6.92 Å². The minimum Gasteiger partial charge on any atom is -0.299 e. The van der Waals surface area contributed by atoms with E-state index in [9.17, 15) is 0 Å². The number of hydrogen-bond acceptors (Lipinski definition) is 1. The first-order valence-corrected chi connectivity index (χ1v) is 2.63. The lowest BCUT2D eigenvalue weighted by Gasteiger charge is -2.03. The van der Waals surface area contributed by atoms with Crippen LogP contribution in [0.3, 0.4) is 0 Å². The summed E-state index contributed by atoms with van der Waals surface area (Å²) in [6.45, 7) is 4.48. The highest BCUT2D eigenvalue weighted by Gasteiger charge is 2.02. The molecule has 0 aromatic rings. The Hall–Kier alpha value is -0.300. The van der Waals surface area contributed by atoms with Crippen molar-refractivity contribution in [1.82, 2.24) is 4.90 Å². The van der Waals surface area contributed by atoms with Gasteiger partial charge in [-0.2, -0.15) is 0 Å². The molecular formula is C6H11N. The Balaban J connectivity index is 2.42. The third kappa shape index (κ3) is 1.03. The first-order chi connectivity index (χ1) is 3.29. The predicted molar refractivity (Wildman–Crippen MR) is 31.3 cm³/mol. The molecule has 0 aromatic carbocycles. The Kier molecular flexibility index (Phi) is 1.15. The van der Waals surface area contributed by atoms with Gasteiger partial charge in [0.05, 0.1) is 0 Å². The molecular weight excluding hydrogens is 86.1 g/mol. The molecule has 40 valence electrons. The second kappa shape index (κ2) is 1.66. The zero-order valence-corrected chi connectivity index (χ0v) is 4.94. The van der Waals surface area contributed by atoms with Gasteiger partial charge in [-0.1, -0.05) is 11.6 Å². The standard InChI is InChI=1S/C6H11N/c1-6-3-4-7(2)5-6/h3H,4-5H2,1-2H3. The molecule has 0 radical (unpaired) electrons. The number of nitrogens with zero attached hydrogens (tertiary/aromatic N) is 1. The van der Waals surface area contributed by atoms with Gasteiger partial charge in [-0.15, -0.1) is 0 Å². The van der Waals surface area contributed by atoms with Gasteiger partial charge < -0.3 is 0 Å². The van der Waals surface area contributed by atoms with E-state index >= 15 is 0 Å². The zero-order chi connectivity index (χ0) is 5.28. The second-order valence-electron chi connectivity index (χ2n) is 2.25. The Morgan fingerprint density at radius 1 is 1.71 bits per heavy atom. The molecule has 1 heteroatoms. The van der Waals surface area contributed by atoms with Crippen molar-refractivity contribution in [3.05, 3.63) is 11.6 Å². The summed E-state index contributed by atoms with van der Waals surface area (Å²) in [5, 5.41) is 0. The lowest BCUT2D eigenvalue weighted by Crippen LogP contribution is -2.13. The van der Waals surface area contributed by atoms with Crippen LogP contribution in [0, 0.1) is 0 Å². The smallest absolute Gasteiger partial charge is 0.0190 e. The van der Waals surface area contributed by atoms with E-state index in [0.717, 1.165) is 6.54 Å². The quantitative estimate of drug-likeness (QED) is 0.405. The van der Waals surface area contributed by atoms with Crippen LogP contribution in [0.25, 0.3) is 0 Å². The van der Waals surface area contributed by atoms with Crippen LogP contribution in [-0.4, -0.2) is 25.0 Å². The molecule has 0 atom stereocenters. The highest BCUT2D eigenvalue weighted by Crippen LogP contribution is 2.03. The summed E-state index contributed by atoms with van der Waals surface area (Å²) < 4.78 is 0. The zero-order valence-electron chi connectivity index (χ0n) is 4.94. The van der Waals surface area contributed by atoms with Crippen molar-refractivity contribution in [3.8, 4) is 0 Å². The molecule has 0 spiro atoms. The van der Waals surface area contributed by atoms with E-state index < -0.39 is 0 Å². The monoisotopic (exact) mass is 97.1 g/mol. The third-order valence-corrected chi connectivity index (χ3v) is 1.27. The van der Waals surface area contributed by atoms with Gasteiger partial charge >= 0.3 is 0 Å². The summed E-state index contributed by atoms with van der Waals surface area (Å²) in [4.78, 5) is 2.29. The highest BCUT2D eigenvalue weighted by atomic mass is 15.1. The maximum atomic E-state index is 2.29. The highest BCUT2D eigenvalue weighted by molar-refractivity contribution is 5.07. The van der Waals surface area contributed by atoms with Crippen LogP contribution in [0.15, 0.2) is 11.6 Å². The summed E-state index contributed by atoms with van der Waals surface area (Å²) in [6.07, 6.45) is 2.26. The average Bonchev–Trinajstić information content (AvgIpc) is 1.87. The van der Waals surface area contributed by atoms with Crippen molar-refractivity contribution in [1.29, 1.82) is 0 Å². The van der Waals surface area contributed by atoms with Gasteiger partial charge in [0.1, 0.15) is 0 Å². The second-order valence-corrected chi connectivity index (χ2v) is 2.25. The lowest BCUT2D eigenvalue weighted by molar-refractivity contribution is 0.429. The van der Waals surface area contributed by atoms with Crippen molar-refractivity contribution in [2.24, 2.45) is 0 Å².